The molecule has 180 valence electrons. The first-order chi connectivity index (χ1) is 17.1. The smallest absolute Gasteiger partial charge is 0.217 e. The van der Waals surface area contributed by atoms with Crippen LogP contribution < -0.4 is 4.74 Å². The van der Waals surface area contributed by atoms with Crippen LogP contribution in [0.2, 0.25) is 0 Å². The third-order valence-corrected chi connectivity index (χ3v) is 6.09. The molecule has 0 aliphatic carbocycles. The summed E-state index contributed by atoms with van der Waals surface area (Å²) in [5.41, 5.74) is 6.28. The molecule has 0 atom stereocenters. The van der Waals surface area contributed by atoms with Crippen LogP contribution in [0.4, 0.5) is 0 Å². The summed E-state index contributed by atoms with van der Waals surface area (Å²) in [5.74, 6) is 1.28. The Morgan fingerprint density at radius 3 is 2.50 bits per heavy atom. The normalized spacial score (nSPS) is 10.9. The average molecular weight is 652 g/mol. The molecule has 0 radical (unpaired) electrons. The maximum absolute atomic E-state index is 10.7. The molecule has 0 aliphatic rings. The molecule has 0 saturated carbocycles. The van der Waals surface area contributed by atoms with E-state index < -0.39 is 0 Å². The molecule has 0 bridgehead atoms. The number of ether oxygens (including phenoxy) is 1. The van der Waals surface area contributed by atoms with Gasteiger partial charge in [-0.3, -0.25) is 9.55 Å². The molecule has 0 spiro atoms. The summed E-state index contributed by atoms with van der Waals surface area (Å²) >= 11 is 0. The Morgan fingerprint density at radius 2 is 1.69 bits per heavy atom. The Morgan fingerprint density at radius 1 is 0.861 bits per heavy atom. The minimum atomic E-state index is 0. The van der Waals surface area contributed by atoms with Gasteiger partial charge >= 0.3 is 0 Å². The zero-order chi connectivity index (χ0) is 23.9. The van der Waals surface area contributed by atoms with Gasteiger partial charge in [0.05, 0.1) is 11.2 Å². The van der Waals surface area contributed by atoms with Crippen molar-refractivity contribution in [3.05, 3.63) is 108 Å². The van der Waals surface area contributed by atoms with E-state index in [2.05, 4.69) is 49.2 Å². The van der Waals surface area contributed by atoms with Crippen LogP contribution in [0.1, 0.15) is 11.1 Å². The Bertz CT molecular complexity index is 1710. The standard InChI is InChI=1S/C30H22N3O2.Pt/c1-19-13-14-25-23(16-19)24-17-20(2)29(32-30(24)33(25)26-10-3-4-11-27(26)34)21-8-7-9-22(18-21)35-28-12-5-6-15-31-28;/h3-17,34H,1-2H3;/q-1;. The summed E-state index contributed by atoms with van der Waals surface area (Å²) in [6, 6.07) is 30.5. The zero-order valence-corrected chi connectivity index (χ0v) is 21.9. The Hall–Kier alpha value is -3.95. The van der Waals surface area contributed by atoms with Crippen molar-refractivity contribution in [3.8, 4) is 34.3 Å². The van der Waals surface area contributed by atoms with Crippen LogP contribution >= 0.6 is 0 Å². The molecule has 0 amide bonds. The molecule has 6 heteroatoms. The molecular weight excluding hydrogens is 629 g/mol. The Kier molecular flexibility index (Phi) is 6.34. The quantitative estimate of drug-likeness (QED) is 0.206. The first-order valence-corrected chi connectivity index (χ1v) is 11.4. The fourth-order valence-electron chi connectivity index (χ4n) is 4.48. The van der Waals surface area contributed by atoms with E-state index in [0.29, 0.717) is 17.3 Å². The van der Waals surface area contributed by atoms with Crippen LogP contribution in [-0.4, -0.2) is 19.6 Å². The molecule has 5 nitrogen and oxygen atoms in total. The maximum atomic E-state index is 10.7. The fraction of sp³-hybridized carbons (Fsp3) is 0.0667. The molecule has 0 saturated heterocycles. The molecule has 0 fully saturated rings. The van der Waals surface area contributed by atoms with Gasteiger partial charge < -0.3 is 9.84 Å². The van der Waals surface area contributed by atoms with E-state index >= 15 is 0 Å². The van der Waals surface area contributed by atoms with Gasteiger partial charge in [-0.25, -0.2) is 4.98 Å². The third kappa shape index (κ3) is 4.16. The van der Waals surface area contributed by atoms with Gasteiger partial charge in [0.1, 0.15) is 11.4 Å². The van der Waals surface area contributed by atoms with E-state index in [-0.39, 0.29) is 26.8 Å². The van der Waals surface area contributed by atoms with Crippen molar-refractivity contribution in [2.75, 3.05) is 0 Å². The number of pyridine rings is 2. The molecule has 1 N–H and O–H groups in total. The molecule has 6 rings (SSSR count). The molecule has 3 aromatic carbocycles. The minimum Gasteiger partial charge on any atom is -0.506 e. The van der Waals surface area contributed by atoms with Crippen LogP contribution in [-0.2, 0) is 21.1 Å². The Balaban J connectivity index is 0.00000267. The number of aryl methyl sites for hydroxylation is 2. The van der Waals surface area contributed by atoms with E-state index in [1.54, 1.807) is 12.3 Å². The number of hydrogen-bond acceptors (Lipinski definition) is 4. The van der Waals surface area contributed by atoms with E-state index in [4.69, 9.17) is 9.72 Å². The number of fused-ring (bicyclic) bond motifs is 3. The fourth-order valence-corrected chi connectivity index (χ4v) is 4.48. The van der Waals surface area contributed by atoms with Gasteiger partial charge in [0.15, 0.2) is 0 Å². The topological polar surface area (TPSA) is 60.2 Å². The summed E-state index contributed by atoms with van der Waals surface area (Å²) in [7, 11) is 0. The second-order valence-electron chi connectivity index (χ2n) is 8.57. The monoisotopic (exact) mass is 651 g/mol. The average Bonchev–Trinajstić information content (AvgIpc) is 3.17. The minimum absolute atomic E-state index is 0. The largest absolute Gasteiger partial charge is 0.506 e. The number of phenolic OH excluding ortho intramolecular Hbond substituents is 1. The number of hydrogen-bond donors (Lipinski definition) is 1. The van der Waals surface area contributed by atoms with Gasteiger partial charge in [-0.1, -0.05) is 47.5 Å². The van der Waals surface area contributed by atoms with E-state index in [1.165, 1.54) is 5.56 Å². The van der Waals surface area contributed by atoms with Crippen LogP contribution in [0, 0.1) is 19.9 Å². The zero-order valence-electron chi connectivity index (χ0n) is 19.7. The van der Waals surface area contributed by atoms with Crippen molar-refractivity contribution in [2.24, 2.45) is 0 Å². The van der Waals surface area contributed by atoms with Crippen molar-refractivity contribution in [1.82, 2.24) is 14.5 Å². The van der Waals surface area contributed by atoms with E-state index in [0.717, 1.165) is 38.8 Å². The predicted molar refractivity (Wildman–Crippen MR) is 138 cm³/mol. The molecule has 6 aromatic rings. The van der Waals surface area contributed by atoms with Gasteiger partial charge in [0.2, 0.25) is 5.88 Å². The molecule has 0 aliphatic heterocycles. The van der Waals surface area contributed by atoms with Crippen LogP contribution in [0.25, 0.3) is 38.9 Å². The van der Waals surface area contributed by atoms with Crippen molar-refractivity contribution < 1.29 is 30.9 Å². The molecule has 3 aromatic heterocycles. The van der Waals surface area contributed by atoms with Crippen LogP contribution in [0.5, 0.6) is 17.4 Å². The number of aromatic nitrogens is 3. The number of phenols is 1. The molecular formula is C30H22N3O2Pt-. The SMILES string of the molecule is Cc1ccc2c(c1)c1cc(C)c(-c3[c-]c(Oc4ccccn4)ccc3)nc1n2-c1ccccc1O.[Pt]. The van der Waals surface area contributed by atoms with Gasteiger partial charge in [-0.2, -0.15) is 0 Å². The second kappa shape index (κ2) is 9.60. The summed E-state index contributed by atoms with van der Waals surface area (Å²) in [6.45, 7) is 4.14. The molecule has 0 unspecified atom stereocenters. The van der Waals surface area contributed by atoms with E-state index in [1.807, 2.05) is 59.2 Å². The van der Waals surface area contributed by atoms with Crippen molar-refractivity contribution >= 4 is 21.9 Å². The number of benzene rings is 3. The second-order valence-corrected chi connectivity index (χ2v) is 8.57. The third-order valence-electron chi connectivity index (χ3n) is 6.09. The van der Waals surface area contributed by atoms with Crippen LogP contribution in [0.3, 0.4) is 0 Å². The van der Waals surface area contributed by atoms with Gasteiger partial charge in [0, 0.05) is 49.9 Å². The number of rotatable bonds is 4. The Labute approximate surface area is 223 Å². The first kappa shape index (κ1) is 23.8. The maximum Gasteiger partial charge on any atom is 0.217 e. The van der Waals surface area contributed by atoms with Gasteiger partial charge in [0.25, 0.3) is 0 Å². The van der Waals surface area contributed by atoms with E-state index in [9.17, 15) is 5.11 Å². The number of aromatic hydroxyl groups is 1. The summed E-state index contributed by atoms with van der Waals surface area (Å²) < 4.78 is 7.93. The van der Waals surface area contributed by atoms with Gasteiger partial charge in [-0.05, 0) is 49.9 Å². The predicted octanol–water partition coefficient (Wildman–Crippen LogP) is 7.15. The van der Waals surface area contributed by atoms with Gasteiger partial charge in [-0.15, -0.1) is 23.8 Å². The summed E-state index contributed by atoms with van der Waals surface area (Å²) in [6.07, 6.45) is 1.69. The van der Waals surface area contributed by atoms with Crippen LogP contribution in [0.15, 0.2) is 91.1 Å². The summed E-state index contributed by atoms with van der Waals surface area (Å²) in [5, 5.41) is 12.8. The number of nitrogens with zero attached hydrogens (tertiary/aromatic N) is 3. The number of para-hydroxylation sites is 2. The summed E-state index contributed by atoms with van der Waals surface area (Å²) in [4.78, 5) is 9.36. The molecule has 36 heavy (non-hydrogen) atoms. The first-order valence-electron chi connectivity index (χ1n) is 11.4. The van der Waals surface area contributed by atoms with Crippen molar-refractivity contribution in [2.45, 2.75) is 13.8 Å². The molecule has 3 heterocycles. The van der Waals surface area contributed by atoms with Crippen molar-refractivity contribution in [1.29, 1.82) is 0 Å². The van der Waals surface area contributed by atoms with Crippen molar-refractivity contribution in [3.63, 3.8) is 0 Å².